The molecule has 0 saturated heterocycles. The van der Waals surface area contributed by atoms with E-state index in [1.54, 1.807) is 0 Å². The van der Waals surface area contributed by atoms with Crippen LogP contribution in [0.1, 0.15) is 30.2 Å². The molecule has 26 heavy (non-hydrogen) atoms. The summed E-state index contributed by atoms with van der Waals surface area (Å²) in [5.41, 5.74) is 4.67. The molecule has 3 rings (SSSR count). The smallest absolute Gasteiger partial charge is 0.228 e. The molecule has 1 heterocycles. The number of aliphatic imine (C=N–C) groups is 1. The average Bonchev–Trinajstić information content (AvgIpc) is 2.66. The first kappa shape index (κ1) is 18.9. The number of rotatable bonds is 6. The third-order valence-electron chi connectivity index (χ3n) is 4.91. The number of fused-ring (bicyclic) bond motifs is 1. The quantitative estimate of drug-likeness (QED) is 0.494. The van der Waals surface area contributed by atoms with Crippen LogP contribution in [0.15, 0.2) is 39.8 Å². The molecule has 2 aromatic rings. The Hall–Kier alpha value is -1.88. The first-order valence-corrected chi connectivity index (χ1v) is 9.97. The van der Waals surface area contributed by atoms with Crippen molar-refractivity contribution in [2.75, 3.05) is 20.2 Å². The van der Waals surface area contributed by atoms with E-state index in [1.807, 2.05) is 31.3 Å². The highest BCUT2D eigenvalue weighted by atomic mass is 79.9. The molecule has 1 aromatic carbocycles. The molecule has 5 heteroatoms. The Morgan fingerprint density at radius 1 is 1.35 bits per heavy atom. The zero-order valence-electron chi connectivity index (χ0n) is 15.7. The maximum absolute atomic E-state index is 6.05. The van der Waals surface area contributed by atoms with Crippen molar-refractivity contribution in [3.05, 3.63) is 51.6 Å². The van der Waals surface area contributed by atoms with Crippen LogP contribution in [-0.4, -0.2) is 36.4 Å². The maximum Gasteiger partial charge on any atom is 0.228 e. The molecule has 0 spiro atoms. The van der Waals surface area contributed by atoms with Crippen molar-refractivity contribution in [3.63, 3.8) is 0 Å². The molecule has 1 aliphatic carbocycles. The van der Waals surface area contributed by atoms with Gasteiger partial charge >= 0.3 is 0 Å². The third kappa shape index (κ3) is 4.64. The Morgan fingerprint density at radius 2 is 2.12 bits per heavy atom. The Morgan fingerprint density at radius 3 is 2.88 bits per heavy atom. The van der Waals surface area contributed by atoms with Crippen LogP contribution in [0.4, 0.5) is 5.69 Å². The van der Waals surface area contributed by atoms with Gasteiger partial charge in [-0.25, -0.2) is 9.98 Å². The van der Waals surface area contributed by atoms with E-state index in [1.165, 1.54) is 17.5 Å². The van der Waals surface area contributed by atoms with Crippen LogP contribution in [0.2, 0.25) is 0 Å². The van der Waals surface area contributed by atoms with E-state index in [0.29, 0.717) is 18.4 Å². The van der Waals surface area contributed by atoms with Crippen LogP contribution in [0.25, 0.3) is 0 Å². The molecule has 0 aliphatic heterocycles. The molecule has 1 aliphatic rings. The van der Waals surface area contributed by atoms with Crippen LogP contribution in [0, 0.1) is 12.8 Å². The summed E-state index contributed by atoms with van der Waals surface area (Å²) in [6.45, 7) is 5.67. The van der Waals surface area contributed by atoms with Gasteiger partial charge in [-0.3, -0.25) is 0 Å². The summed E-state index contributed by atoms with van der Waals surface area (Å²) in [4.78, 5) is 11.1. The van der Waals surface area contributed by atoms with Gasteiger partial charge in [0.2, 0.25) is 5.88 Å². The summed E-state index contributed by atoms with van der Waals surface area (Å²) in [5, 5.41) is 0. The number of hydrogen-bond acceptors (Lipinski definition) is 3. The first-order chi connectivity index (χ1) is 12.6. The third-order valence-corrected chi connectivity index (χ3v) is 5.47. The number of nitrogens with zero attached hydrogens (tertiary/aromatic N) is 3. The Labute approximate surface area is 164 Å². The molecular formula is C21H26BrN3O. The Kier molecular flexibility index (Phi) is 6.30. The second-order valence-corrected chi connectivity index (χ2v) is 7.74. The van der Waals surface area contributed by atoms with Crippen LogP contribution < -0.4 is 4.74 Å². The van der Waals surface area contributed by atoms with E-state index in [4.69, 9.17) is 4.74 Å². The summed E-state index contributed by atoms with van der Waals surface area (Å²) in [6.07, 6.45) is 5.21. The highest BCUT2D eigenvalue weighted by Gasteiger charge is 2.19. The van der Waals surface area contributed by atoms with E-state index in [9.17, 15) is 0 Å². The minimum Gasteiger partial charge on any atom is -0.477 e. The lowest BCUT2D eigenvalue weighted by atomic mass is 9.84. The standard InChI is InChI=1S/C21H26BrN3O/c1-4-25(3)14-23-20-12-19(22)21(24-15(20)2)26-13-16-9-10-17-7-5-6-8-18(17)11-16/h5-8,12,14,16H,4,9-11,13H2,1-3H3/b23-14+. The number of ether oxygens (including phenoxy) is 1. The summed E-state index contributed by atoms with van der Waals surface area (Å²) < 4.78 is 6.91. The topological polar surface area (TPSA) is 37.7 Å². The fourth-order valence-electron chi connectivity index (χ4n) is 3.14. The molecule has 0 N–H and O–H groups in total. The molecule has 1 unspecified atom stereocenters. The van der Waals surface area contributed by atoms with Gasteiger partial charge in [-0.05, 0) is 72.2 Å². The molecule has 1 aromatic heterocycles. The van der Waals surface area contributed by atoms with E-state index in [-0.39, 0.29) is 0 Å². The molecule has 0 saturated carbocycles. The molecule has 0 bridgehead atoms. The molecule has 4 nitrogen and oxygen atoms in total. The summed E-state index contributed by atoms with van der Waals surface area (Å²) in [7, 11) is 2.00. The van der Waals surface area contributed by atoms with E-state index >= 15 is 0 Å². The monoisotopic (exact) mass is 415 g/mol. The van der Waals surface area contributed by atoms with Crippen molar-refractivity contribution in [2.45, 2.75) is 33.1 Å². The number of hydrogen-bond donors (Lipinski definition) is 0. The van der Waals surface area contributed by atoms with Crippen molar-refractivity contribution in [2.24, 2.45) is 10.9 Å². The largest absolute Gasteiger partial charge is 0.477 e. The van der Waals surface area contributed by atoms with Crippen LogP contribution in [0.3, 0.4) is 0 Å². The second kappa shape index (κ2) is 8.67. The Bertz CT molecular complexity index is 791. The van der Waals surface area contributed by atoms with Gasteiger partial charge in [0.25, 0.3) is 0 Å². The Balaban J connectivity index is 1.64. The predicted molar refractivity (Wildman–Crippen MR) is 111 cm³/mol. The zero-order valence-corrected chi connectivity index (χ0v) is 17.3. The second-order valence-electron chi connectivity index (χ2n) is 6.89. The van der Waals surface area contributed by atoms with E-state index in [2.05, 4.69) is 57.1 Å². The number of benzene rings is 1. The van der Waals surface area contributed by atoms with Crippen molar-refractivity contribution in [1.29, 1.82) is 0 Å². The van der Waals surface area contributed by atoms with Gasteiger partial charge in [0.1, 0.15) is 0 Å². The molecule has 0 radical (unpaired) electrons. The van der Waals surface area contributed by atoms with Gasteiger partial charge in [-0.1, -0.05) is 24.3 Å². The van der Waals surface area contributed by atoms with Crippen molar-refractivity contribution >= 4 is 28.0 Å². The fourth-order valence-corrected chi connectivity index (χ4v) is 3.56. The average molecular weight is 416 g/mol. The SMILES string of the molecule is CCN(C)/C=N/c1cc(Br)c(OCC2CCc3ccccc3C2)nc1C. The lowest BCUT2D eigenvalue weighted by Crippen LogP contribution is -2.21. The van der Waals surface area contributed by atoms with Gasteiger partial charge in [-0.2, -0.15) is 0 Å². The summed E-state index contributed by atoms with van der Waals surface area (Å²) in [6, 6.07) is 10.7. The minimum atomic E-state index is 0.537. The van der Waals surface area contributed by atoms with Crippen LogP contribution in [0.5, 0.6) is 5.88 Å². The summed E-state index contributed by atoms with van der Waals surface area (Å²) in [5.74, 6) is 1.19. The number of halogens is 1. The summed E-state index contributed by atoms with van der Waals surface area (Å²) >= 11 is 3.58. The lowest BCUT2D eigenvalue weighted by molar-refractivity contribution is 0.225. The molecule has 0 fully saturated rings. The van der Waals surface area contributed by atoms with Crippen molar-refractivity contribution < 1.29 is 4.74 Å². The van der Waals surface area contributed by atoms with Crippen LogP contribution in [-0.2, 0) is 12.8 Å². The van der Waals surface area contributed by atoms with Gasteiger partial charge in [0, 0.05) is 13.6 Å². The van der Waals surface area contributed by atoms with E-state index in [0.717, 1.165) is 35.2 Å². The number of pyridine rings is 1. The van der Waals surface area contributed by atoms with Gasteiger partial charge < -0.3 is 9.64 Å². The highest BCUT2D eigenvalue weighted by Crippen LogP contribution is 2.31. The lowest BCUT2D eigenvalue weighted by Gasteiger charge is -2.24. The van der Waals surface area contributed by atoms with Crippen molar-refractivity contribution in [1.82, 2.24) is 9.88 Å². The zero-order chi connectivity index (χ0) is 18.5. The van der Waals surface area contributed by atoms with Gasteiger partial charge in [-0.15, -0.1) is 0 Å². The molecule has 1 atom stereocenters. The normalized spacial score (nSPS) is 16.5. The highest BCUT2D eigenvalue weighted by molar-refractivity contribution is 9.10. The van der Waals surface area contributed by atoms with Gasteiger partial charge in [0.15, 0.2) is 0 Å². The molecular weight excluding hydrogens is 390 g/mol. The van der Waals surface area contributed by atoms with Crippen LogP contribution >= 0.6 is 15.9 Å². The maximum atomic E-state index is 6.05. The van der Waals surface area contributed by atoms with E-state index < -0.39 is 0 Å². The minimum absolute atomic E-state index is 0.537. The van der Waals surface area contributed by atoms with Gasteiger partial charge in [0.05, 0.1) is 28.8 Å². The fraction of sp³-hybridized carbons (Fsp3) is 0.429. The molecule has 0 amide bonds. The number of aryl methyl sites for hydroxylation is 2. The van der Waals surface area contributed by atoms with Crippen molar-refractivity contribution in [3.8, 4) is 5.88 Å². The molecule has 138 valence electrons. The number of aromatic nitrogens is 1. The first-order valence-electron chi connectivity index (χ1n) is 9.18. The predicted octanol–water partition coefficient (Wildman–Crippen LogP) is 4.95.